The van der Waals surface area contributed by atoms with E-state index in [0.29, 0.717) is 6.54 Å². The topological polar surface area (TPSA) is 38.1 Å². The van der Waals surface area contributed by atoms with Gasteiger partial charge in [-0.3, -0.25) is 4.98 Å². The summed E-state index contributed by atoms with van der Waals surface area (Å²) in [5.41, 5.74) is 3.15. The maximum absolute atomic E-state index is 5.75. The number of pyridine rings is 1. The lowest BCUT2D eigenvalue weighted by atomic mass is 10.2. The van der Waals surface area contributed by atoms with E-state index in [1.807, 2.05) is 30.5 Å². The number of aromatic nitrogens is 1. The minimum absolute atomic E-state index is 0.668. The highest BCUT2D eigenvalue weighted by Crippen LogP contribution is 2.20. The van der Waals surface area contributed by atoms with E-state index >= 15 is 0 Å². The van der Waals surface area contributed by atoms with Crippen molar-refractivity contribution in [2.24, 2.45) is 0 Å². The van der Waals surface area contributed by atoms with E-state index in [4.69, 9.17) is 4.42 Å². The van der Waals surface area contributed by atoms with Crippen molar-refractivity contribution < 1.29 is 4.42 Å². The van der Waals surface area contributed by atoms with Gasteiger partial charge in [-0.2, -0.15) is 0 Å². The van der Waals surface area contributed by atoms with Gasteiger partial charge in [0.15, 0.2) is 0 Å². The third-order valence-electron chi connectivity index (χ3n) is 2.97. The molecule has 0 aliphatic rings. The summed E-state index contributed by atoms with van der Waals surface area (Å²) in [6.07, 6.45) is 3.62. The number of hydrogen-bond donors (Lipinski definition) is 1. The SMILES string of the molecule is Cc1ccncc1NCc1cc2ccccc2o1. The second kappa shape index (κ2) is 4.53. The highest BCUT2D eigenvalue weighted by molar-refractivity contribution is 5.77. The number of furan rings is 1. The van der Waals surface area contributed by atoms with Crippen molar-refractivity contribution in [1.29, 1.82) is 0 Å². The number of fused-ring (bicyclic) bond motifs is 1. The lowest BCUT2D eigenvalue weighted by Gasteiger charge is -2.06. The molecule has 0 radical (unpaired) electrons. The van der Waals surface area contributed by atoms with Gasteiger partial charge < -0.3 is 9.73 Å². The predicted octanol–water partition coefficient (Wildman–Crippen LogP) is 3.75. The Morgan fingerprint density at radius 2 is 2.11 bits per heavy atom. The zero-order chi connectivity index (χ0) is 12.4. The van der Waals surface area contributed by atoms with Crippen molar-refractivity contribution >= 4 is 16.7 Å². The fourth-order valence-electron chi connectivity index (χ4n) is 1.96. The van der Waals surface area contributed by atoms with Gasteiger partial charge in [-0.15, -0.1) is 0 Å². The first kappa shape index (κ1) is 10.8. The molecule has 0 bridgehead atoms. The lowest BCUT2D eigenvalue weighted by molar-refractivity contribution is 0.559. The molecule has 0 unspecified atom stereocenters. The molecule has 1 aromatic carbocycles. The molecule has 3 aromatic rings. The van der Waals surface area contributed by atoms with E-state index in [1.54, 1.807) is 6.20 Å². The number of nitrogens with zero attached hydrogens (tertiary/aromatic N) is 1. The molecule has 0 atom stereocenters. The monoisotopic (exact) mass is 238 g/mol. The van der Waals surface area contributed by atoms with Gasteiger partial charge in [-0.25, -0.2) is 0 Å². The molecule has 0 amide bonds. The van der Waals surface area contributed by atoms with Crippen LogP contribution in [0, 0.1) is 6.92 Å². The van der Waals surface area contributed by atoms with Crippen molar-refractivity contribution in [3.8, 4) is 0 Å². The van der Waals surface area contributed by atoms with Crippen molar-refractivity contribution in [2.45, 2.75) is 13.5 Å². The molecule has 3 nitrogen and oxygen atoms in total. The molecule has 0 fully saturated rings. The van der Waals surface area contributed by atoms with Gasteiger partial charge in [-0.1, -0.05) is 18.2 Å². The van der Waals surface area contributed by atoms with Crippen LogP contribution in [0.1, 0.15) is 11.3 Å². The number of hydrogen-bond acceptors (Lipinski definition) is 3. The number of benzene rings is 1. The van der Waals surface area contributed by atoms with Crippen molar-refractivity contribution in [1.82, 2.24) is 4.98 Å². The Labute approximate surface area is 105 Å². The molecule has 2 aromatic heterocycles. The van der Waals surface area contributed by atoms with Crippen LogP contribution < -0.4 is 5.32 Å². The van der Waals surface area contributed by atoms with Crippen LogP contribution in [0.3, 0.4) is 0 Å². The second-order valence-corrected chi connectivity index (χ2v) is 4.29. The molecule has 0 saturated heterocycles. The molecule has 3 rings (SSSR count). The quantitative estimate of drug-likeness (QED) is 0.755. The first-order valence-corrected chi connectivity index (χ1v) is 5.95. The average molecular weight is 238 g/mol. The largest absolute Gasteiger partial charge is 0.459 e. The minimum atomic E-state index is 0.668. The van der Waals surface area contributed by atoms with Crippen LogP contribution in [0.25, 0.3) is 11.0 Å². The molecule has 0 aliphatic carbocycles. The molecule has 18 heavy (non-hydrogen) atoms. The van der Waals surface area contributed by atoms with Gasteiger partial charge in [-0.05, 0) is 30.7 Å². The van der Waals surface area contributed by atoms with Gasteiger partial charge >= 0.3 is 0 Å². The summed E-state index contributed by atoms with van der Waals surface area (Å²) in [5, 5.41) is 4.47. The van der Waals surface area contributed by atoms with Gasteiger partial charge in [0.05, 0.1) is 18.4 Å². The fourth-order valence-corrected chi connectivity index (χ4v) is 1.96. The molecular formula is C15H14N2O. The summed E-state index contributed by atoms with van der Waals surface area (Å²) in [6, 6.07) is 12.1. The zero-order valence-corrected chi connectivity index (χ0v) is 10.2. The number of aryl methyl sites for hydroxylation is 1. The van der Waals surface area contributed by atoms with Gasteiger partial charge in [0.25, 0.3) is 0 Å². The smallest absolute Gasteiger partial charge is 0.134 e. The summed E-state index contributed by atoms with van der Waals surface area (Å²) in [5.74, 6) is 0.930. The van der Waals surface area contributed by atoms with Gasteiger partial charge in [0, 0.05) is 11.6 Å². The van der Waals surface area contributed by atoms with Crippen LogP contribution in [0.15, 0.2) is 53.2 Å². The van der Waals surface area contributed by atoms with Crippen molar-refractivity contribution in [3.63, 3.8) is 0 Å². The molecular weight excluding hydrogens is 224 g/mol. The normalized spacial score (nSPS) is 10.7. The van der Waals surface area contributed by atoms with E-state index in [-0.39, 0.29) is 0 Å². The first-order chi connectivity index (χ1) is 8.83. The summed E-state index contributed by atoms with van der Waals surface area (Å²) in [6.45, 7) is 2.73. The molecule has 2 heterocycles. The molecule has 90 valence electrons. The molecule has 3 heteroatoms. The lowest BCUT2D eigenvalue weighted by Crippen LogP contribution is -2.00. The van der Waals surface area contributed by atoms with Gasteiger partial charge in [0.1, 0.15) is 11.3 Å². The van der Waals surface area contributed by atoms with Gasteiger partial charge in [0.2, 0.25) is 0 Å². The van der Waals surface area contributed by atoms with Crippen LogP contribution >= 0.6 is 0 Å². The maximum Gasteiger partial charge on any atom is 0.134 e. The highest BCUT2D eigenvalue weighted by atomic mass is 16.3. The molecule has 0 spiro atoms. The minimum Gasteiger partial charge on any atom is -0.459 e. The van der Waals surface area contributed by atoms with Crippen LogP contribution in [0.2, 0.25) is 0 Å². The third-order valence-corrected chi connectivity index (χ3v) is 2.97. The van der Waals surface area contributed by atoms with E-state index < -0.39 is 0 Å². The van der Waals surface area contributed by atoms with Crippen molar-refractivity contribution in [3.05, 3.63) is 60.1 Å². The Bertz CT molecular complexity index is 640. The Hall–Kier alpha value is -2.29. The summed E-state index contributed by atoms with van der Waals surface area (Å²) >= 11 is 0. The fraction of sp³-hybridized carbons (Fsp3) is 0.133. The highest BCUT2D eigenvalue weighted by Gasteiger charge is 2.03. The zero-order valence-electron chi connectivity index (χ0n) is 10.2. The summed E-state index contributed by atoms with van der Waals surface area (Å²) in [4.78, 5) is 4.11. The second-order valence-electron chi connectivity index (χ2n) is 4.29. The summed E-state index contributed by atoms with van der Waals surface area (Å²) in [7, 11) is 0. The van der Waals surface area contributed by atoms with Crippen LogP contribution in [0.4, 0.5) is 5.69 Å². The average Bonchev–Trinajstić information content (AvgIpc) is 2.80. The van der Waals surface area contributed by atoms with Crippen molar-refractivity contribution in [2.75, 3.05) is 5.32 Å². The maximum atomic E-state index is 5.75. The van der Waals surface area contributed by atoms with E-state index in [1.165, 1.54) is 5.56 Å². The number of para-hydroxylation sites is 1. The molecule has 1 N–H and O–H groups in total. The standard InChI is InChI=1S/C15H14N2O/c1-11-6-7-16-10-14(11)17-9-13-8-12-4-2-3-5-15(12)18-13/h2-8,10,17H,9H2,1H3. The Kier molecular flexibility index (Phi) is 2.73. The third kappa shape index (κ3) is 2.07. The van der Waals surface area contributed by atoms with Crippen LogP contribution in [-0.4, -0.2) is 4.98 Å². The number of nitrogens with one attached hydrogen (secondary N) is 1. The van der Waals surface area contributed by atoms with E-state index in [2.05, 4.69) is 29.4 Å². The predicted molar refractivity (Wildman–Crippen MR) is 72.5 cm³/mol. The number of rotatable bonds is 3. The van der Waals surface area contributed by atoms with E-state index in [9.17, 15) is 0 Å². The first-order valence-electron chi connectivity index (χ1n) is 5.95. The Morgan fingerprint density at radius 3 is 2.94 bits per heavy atom. The molecule has 0 saturated carbocycles. The molecule has 0 aliphatic heterocycles. The summed E-state index contributed by atoms with van der Waals surface area (Å²) < 4.78 is 5.75. The van der Waals surface area contributed by atoms with Crippen LogP contribution in [0.5, 0.6) is 0 Å². The van der Waals surface area contributed by atoms with E-state index in [0.717, 1.165) is 22.4 Å². The number of anilines is 1. The van der Waals surface area contributed by atoms with Crippen LogP contribution in [-0.2, 0) is 6.54 Å². The Balaban J connectivity index is 1.79. The Morgan fingerprint density at radius 1 is 1.22 bits per heavy atom.